The molecule has 1 saturated heterocycles. The number of pyridine rings is 1. The summed E-state index contributed by atoms with van der Waals surface area (Å²) >= 11 is 6.32. The summed E-state index contributed by atoms with van der Waals surface area (Å²) in [5, 5.41) is 6.23. The molecular weight excluding hydrogens is 376 g/mol. The third-order valence-corrected chi connectivity index (χ3v) is 5.92. The van der Waals surface area contributed by atoms with Gasteiger partial charge in [-0.25, -0.2) is 4.68 Å². The number of hydrogen-bond acceptors (Lipinski definition) is 3. The fraction of sp³-hybridized carbons (Fsp3) is 0.381. The van der Waals surface area contributed by atoms with Crippen LogP contribution >= 0.6 is 11.6 Å². The van der Waals surface area contributed by atoms with E-state index in [2.05, 4.69) is 0 Å². The molecule has 0 saturated carbocycles. The molecule has 1 aliphatic rings. The van der Waals surface area contributed by atoms with Gasteiger partial charge in [0.05, 0.1) is 11.4 Å². The first kappa shape index (κ1) is 18.7. The van der Waals surface area contributed by atoms with Crippen LogP contribution in [0.1, 0.15) is 29.7 Å². The van der Waals surface area contributed by atoms with Gasteiger partial charge in [-0.05, 0) is 56.9 Å². The van der Waals surface area contributed by atoms with Gasteiger partial charge in [-0.3, -0.25) is 14.2 Å². The van der Waals surface area contributed by atoms with E-state index in [1.54, 1.807) is 15.3 Å². The maximum absolute atomic E-state index is 12.9. The maximum atomic E-state index is 12.9. The van der Waals surface area contributed by atoms with E-state index in [-0.39, 0.29) is 18.0 Å². The lowest BCUT2D eigenvalue weighted by molar-refractivity contribution is -0.130. The number of amides is 1. The summed E-state index contributed by atoms with van der Waals surface area (Å²) in [5.41, 5.74) is 3.79. The van der Waals surface area contributed by atoms with E-state index < -0.39 is 0 Å². The van der Waals surface area contributed by atoms with Crippen molar-refractivity contribution in [3.05, 3.63) is 56.5 Å². The quantitative estimate of drug-likeness (QED) is 0.679. The summed E-state index contributed by atoms with van der Waals surface area (Å²) in [6, 6.07) is 7.20. The highest BCUT2D eigenvalue weighted by molar-refractivity contribution is 6.31. The zero-order valence-electron chi connectivity index (χ0n) is 16.3. The highest BCUT2D eigenvalue weighted by atomic mass is 35.5. The van der Waals surface area contributed by atoms with Crippen molar-refractivity contribution in [1.82, 2.24) is 19.2 Å². The molecule has 1 amide bonds. The van der Waals surface area contributed by atoms with Gasteiger partial charge in [0.15, 0.2) is 0 Å². The van der Waals surface area contributed by atoms with Crippen LogP contribution in [0.3, 0.4) is 0 Å². The van der Waals surface area contributed by atoms with E-state index >= 15 is 0 Å². The monoisotopic (exact) mass is 398 g/mol. The number of aryl methyl sites for hydroxylation is 2. The molecule has 1 fully saturated rings. The van der Waals surface area contributed by atoms with E-state index in [1.165, 1.54) is 0 Å². The molecule has 1 aliphatic heterocycles. The zero-order valence-corrected chi connectivity index (χ0v) is 17.1. The number of aromatic nitrogens is 3. The van der Waals surface area contributed by atoms with Gasteiger partial charge in [-0.1, -0.05) is 17.7 Å². The summed E-state index contributed by atoms with van der Waals surface area (Å²) in [7, 11) is 0. The lowest BCUT2D eigenvalue weighted by atomic mass is 10.1. The van der Waals surface area contributed by atoms with Crippen LogP contribution in [0.2, 0.25) is 5.02 Å². The Hall–Kier alpha value is -2.60. The molecule has 0 radical (unpaired) electrons. The summed E-state index contributed by atoms with van der Waals surface area (Å²) in [5.74, 6) is -0.0297. The first-order valence-electron chi connectivity index (χ1n) is 9.51. The third kappa shape index (κ3) is 3.02. The molecule has 0 spiro atoms. The first-order valence-corrected chi connectivity index (χ1v) is 9.89. The standard InChI is InChI=1S/C21H23ClN4O2/c1-13-11-18(27)25(12-19(28)24-9-4-5-10-24)21-20(13)15(3)23-26(21)17-8-6-7-16(22)14(17)2/h6-8,11H,4-5,9-10,12H2,1-3H3. The van der Waals surface area contributed by atoms with Crippen molar-refractivity contribution in [3.8, 4) is 5.69 Å². The fourth-order valence-electron chi connectivity index (χ4n) is 4.01. The van der Waals surface area contributed by atoms with Crippen LogP contribution in [0.15, 0.2) is 29.1 Å². The van der Waals surface area contributed by atoms with Crippen molar-refractivity contribution in [2.24, 2.45) is 0 Å². The van der Waals surface area contributed by atoms with Crippen molar-refractivity contribution in [2.45, 2.75) is 40.2 Å². The summed E-state index contributed by atoms with van der Waals surface area (Å²) in [4.78, 5) is 27.5. The fourth-order valence-corrected chi connectivity index (χ4v) is 4.18. The number of carbonyl (C=O) groups is 1. The van der Waals surface area contributed by atoms with Gasteiger partial charge in [0.25, 0.3) is 5.56 Å². The Morgan fingerprint density at radius 1 is 1.18 bits per heavy atom. The second kappa shape index (κ2) is 7.09. The molecule has 0 bridgehead atoms. The molecule has 0 unspecified atom stereocenters. The van der Waals surface area contributed by atoms with Crippen molar-refractivity contribution in [3.63, 3.8) is 0 Å². The number of carbonyl (C=O) groups excluding carboxylic acids is 1. The lowest BCUT2D eigenvalue weighted by Crippen LogP contribution is -2.35. The molecule has 146 valence electrons. The molecule has 1 aromatic carbocycles. The predicted octanol–water partition coefficient (Wildman–Crippen LogP) is 3.39. The van der Waals surface area contributed by atoms with Gasteiger partial charge in [0, 0.05) is 29.6 Å². The minimum Gasteiger partial charge on any atom is -0.341 e. The largest absolute Gasteiger partial charge is 0.341 e. The topological polar surface area (TPSA) is 60.1 Å². The normalized spacial score (nSPS) is 14.2. The molecule has 28 heavy (non-hydrogen) atoms. The molecule has 3 aromatic rings. The van der Waals surface area contributed by atoms with Crippen molar-refractivity contribution < 1.29 is 4.79 Å². The van der Waals surface area contributed by atoms with E-state index in [0.29, 0.717) is 10.7 Å². The number of rotatable bonds is 3. The van der Waals surface area contributed by atoms with E-state index in [1.807, 2.05) is 43.9 Å². The second-order valence-electron chi connectivity index (χ2n) is 7.42. The summed E-state index contributed by atoms with van der Waals surface area (Å²) < 4.78 is 3.29. The Labute approximate surface area is 168 Å². The second-order valence-corrected chi connectivity index (χ2v) is 7.83. The molecule has 6 nitrogen and oxygen atoms in total. The third-order valence-electron chi connectivity index (χ3n) is 5.51. The number of benzene rings is 1. The summed E-state index contributed by atoms with van der Waals surface area (Å²) in [6.45, 7) is 7.28. The van der Waals surface area contributed by atoms with Crippen LogP contribution in [0.4, 0.5) is 0 Å². The molecular formula is C21H23ClN4O2. The zero-order chi connectivity index (χ0) is 20.0. The van der Waals surface area contributed by atoms with Gasteiger partial charge < -0.3 is 4.90 Å². The summed E-state index contributed by atoms with van der Waals surface area (Å²) in [6.07, 6.45) is 2.03. The first-order chi connectivity index (χ1) is 13.4. The molecule has 0 N–H and O–H groups in total. The van der Waals surface area contributed by atoms with Crippen molar-refractivity contribution in [2.75, 3.05) is 13.1 Å². The molecule has 7 heteroatoms. The number of halogens is 1. The lowest BCUT2D eigenvalue weighted by Gasteiger charge is -2.18. The van der Waals surface area contributed by atoms with Gasteiger partial charge in [-0.15, -0.1) is 0 Å². The van der Waals surface area contributed by atoms with Gasteiger partial charge in [0.1, 0.15) is 12.2 Å². The Morgan fingerprint density at radius 3 is 2.61 bits per heavy atom. The molecule has 0 atom stereocenters. The number of likely N-dealkylation sites (tertiary alicyclic amines) is 1. The SMILES string of the molecule is Cc1c(Cl)cccc1-n1nc(C)c2c(C)cc(=O)n(CC(=O)N3CCCC3)c21. The number of nitrogens with zero attached hydrogens (tertiary/aromatic N) is 4. The van der Waals surface area contributed by atoms with Gasteiger partial charge in [-0.2, -0.15) is 5.10 Å². The Kier molecular flexibility index (Phi) is 4.75. The van der Waals surface area contributed by atoms with Crippen molar-refractivity contribution >= 4 is 28.5 Å². The van der Waals surface area contributed by atoms with Crippen LogP contribution in [-0.4, -0.2) is 38.2 Å². The van der Waals surface area contributed by atoms with E-state index in [9.17, 15) is 9.59 Å². The number of hydrogen-bond donors (Lipinski definition) is 0. The van der Waals surface area contributed by atoms with E-state index in [4.69, 9.17) is 16.7 Å². The van der Waals surface area contributed by atoms with Crippen molar-refractivity contribution in [1.29, 1.82) is 0 Å². The Morgan fingerprint density at radius 2 is 1.89 bits per heavy atom. The van der Waals surface area contributed by atoms with Gasteiger partial charge >= 0.3 is 0 Å². The Balaban J connectivity index is 1.95. The minimum atomic E-state index is -0.196. The van der Waals surface area contributed by atoms with Crippen LogP contribution in [-0.2, 0) is 11.3 Å². The van der Waals surface area contributed by atoms with Gasteiger partial charge in [0.2, 0.25) is 5.91 Å². The molecule has 4 rings (SSSR count). The van der Waals surface area contributed by atoms with Crippen LogP contribution in [0, 0.1) is 20.8 Å². The molecule has 0 aliphatic carbocycles. The molecule has 3 heterocycles. The molecule has 2 aromatic heterocycles. The predicted molar refractivity (Wildman–Crippen MR) is 110 cm³/mol. The van der Waals surface area contributed by atoms with E-state index in [0.717, 1.165) is 53.8 Å². The average molecular weight is 399 g/mol. The maximum Gasteiger partial charge on any atom is 0.252 e. The number of fused-ring (bicyclic) bond motifs is 1. The average Bonchev–Trinajstić information content (AvgIpc) is 3.29. The highest BCUT2D eigenvalue weighted by Gasteiger charge is 2.23. The van der Waals surface area contributed by atoms with Crippen LogP contribution < -0.4 is 5.56 Å². The highest BCUT2D eigenvalue weighted by Crippen LogP contribution is 2.28. The smallest absolute Gasteiger partial charge is 0.252 e. The minimum absolute atomic E-state index is 0.0142. The van der Waals surface area contributed by atoms with Crippen LogP contribution in [0.5, 0.6) is 0 Å². The Bertz CT molecular complexity index is 1140. The van der Waals surface area contributed by atoms with Crippen LogP contribution in [0.25, 0.3) is 16.7 Å².